The highest BCUT2D eigenvalue weighted by atomic mass is 35.5. The number of rotatable bonds is 7. The number of thioether (sulfide) groups is 1. The van der Waals surface area contributed by atoms with Gasteiger partial charge in [0, 0.05) is 34.8 Å². The third-order valence-corrected chi connectivity index (χ3v) is 6.79. The summed E-state index contributed by atoms with van der Waals surface area (Å²) in [5.74, 6) is 0.207. The fourth-order valence-electron chi connectivity index (χ4n) is 3.69. The first-order valence-corrected chi connectivity index (χ1v) is 12.4. The Morgan fingerprint density at radius 3 is 2.28 bits per heavy atom. The highest BCUT2D eigenvalue weighted by Gasteiger charge is 2.37. The summed E-state index contributed by atoms with van der Waals surface area (Å²) in [5, 5.41) is 15.3. The third-order valence-electron chi connectivity index (χ3n) is 5.64. The molecule has 0 unspecified atom stereocenters. The molecular weight excluding hydrogens is 467 g/mol. The summed E-state index contributed by atoms with van der Waals surface area (Å²) in [5.41, 5.74) is 0.673. The lowest BCUT2D eigenvalue weighted by atomic mass is 9.82. The van der Waals surface area contributed by atoms with Crippen LogP contribution in [-0.4, -0.2) is 46.4 Å². The number of nitrogens with one attached hydrogen (secondary N) is 1. The monoisotopic (exact) mass is 492 g/mol. The summed E-state index contributed by atoms with van der Waals surface area (Å²) in [6.45, 7) is 2.14. The van der Waals surface area contributed by atoms with Crippen LogP contribution in [-0.2, 0) is 10.4 Å². The van der Waals surface area contributed by atoms with Crippen molar-refractivity contribution < 1.29 is 14.7 Å². The van der Waals surface area contributed by atoms with Gasteiger partial charge in [0.05, 0.1) is 0 Å². The predicted octanol–water partition coefficient (Wildman–Crippen LogP) is 4.87. The quantitative estimate of drug-likeness (QED) is 0.578. The Morgan fingerprint density at radius 2 is 1.72 bits per heavy atom. The van der Waals surface area contributed by atoms with Crippen LogP contribution in [0, 0.1) is 0 Å². The molecule has 2 aromatic carbocycles. The van der Waals surface area contributed by atoms with Crippen LogP contribution in [0.25, 0.3) is 0 Å². The van der Waals surface area contributed by atoms with Crippen LogP contribution in [0.15, 0.2) is 60.3 Å². The van der Waals surface area contributed by atoms with Crippen molar-refractivity contribution in [1.29, 1.82) is 0 Å². The second kappa shape index (κ2) is 10.8. The van der Waals surface area contributed by atoms with Crippen LogP contribution in [0.4, 0.5) is 0 Å². The second-order valence-corrected chi connectivity index (χ2v) is 9.63. The van der Waals surface area contributed by atoms with E-state index in [0.29, 0.717) is 40.6 Å². The topological polar surface area (TPSA) is 69.6 Å². The van der Waals surface area contributed by atoms with Gasteiger partial charge in [-0.25, -0.2) is 0 Å². The lowest BCUT2D eigenvalue weighted by Gasteiger charge is -2.38. The molecule has 0 aliphatic carbocycles. The fraction of sp³-hybridized carbons (Fsp3) is 0.333. The Balaban J connectivity index is 1.77. The Morgan fingerprint density at radius 1 is 1.12 bits per heavy atom. The van der Waals surface area contributed by atoms with Crippen molar-refractivity contribution >= 4 is 46.8 Å². The first kappa shape index (κ1) is 24.6. The van der Waals surface area contributed by atoms with E-state index in [9.17, 15) is 14.7 Å². The molecule has 0 saturated carbocycles. The van der Waals surface area contributed by atoms with Crippen molar-refractivity contribution in [2.45, 2.75) is 31.4 Å². The van der Waals surface area contributed by atoms with Crippen molar-refractivity contribution in [3.63, 3.8) is 0 Å². The molecule has 3 rings (SSSR count). The standard InChI is InChI=1S/C24H26Cl2N2O3S/c1-16-15-28(13-12-24(16,31)18-5-9-20(26)10-6-18)23(30)21(11-14-32-2)27-22(29)17-3-7-19(25)8-4-17/h3-10,15,21,31H,11-14H2,1-2H3,(H,27,29)/t21-,24-/m1/s1. The Hall–Kier alpha value is -1.99. The van der Waals surface area contributed by atoms with Gasteiger partial charge in [-0.05, 0) is 72.9 Å². The van der Waals surface area contributed by atoms with Gasteiger partial charge in [0.2, 0.25) is 5.91 Å². The summed E-state index contributed by atoms with van der Waals surface area (Å²) < 4.78 is 0. The number of hydrogen-bond acceptors (Lipinski definition) is 4. The molecule has 32 heavy (non-hydrogen) atoms. The molecule has 5 nitrogen and oxygen atoms in total. The maximum absolute atomic E-state index is 13.3. The Labute approximate surface area is 202 Å². The SMILES string of the molecule is CSCC[C@@H](NC(=O)c1ccc(Cl)cc1)C(=O)N1C=C(C)[C@@](O)(c2ccc(Cl)cc2)CC1. The predicted molar refractivity (Wildman–Crippen MR) is 131 cm³/mol. The van der Waals surface area contributed by atoms with Crippen molar-refractivity contribution in [2.24, 2.45) is 0 Å². The number of benzene rings is 2. The zero-order chi connectivity index (χ0) is 23.3. The van der Waals surface area contributed by atoms with Gasteiger partial charge in [-0.3, -0.25) is 9.59 Å². The zero-order valence-corrected chi connectivity index (χ0v) is 20.3. The normalized spacial score (nSPS) is 19.3. The van der Waals surface area contributed by atoms with E-state index in [4.69, 9.17) is 23.2 Å². The number of carbonyl (C=O) groups is 2. The highest BCUT2D eigenvalue weighted by Crippen LogP contribution is 2.37. The Bertz CT molecular complexity index is 995. The van der Waals surface area contributed by atoms with Crippen molar-refractivity contribution in [2.75, 3.05) is 18.6 Å². The number of amides is 2. The number of halogens is 2. The first-order chi connectivity index (χ1) is 15.2. The summed E-state index contributed by atoms with van der Waals surface area (Å²) in [4.78, 5) is 27.6. The second-order valence-electron chi connectivity index (χ2n) is 7.78. The summed E-state index contributed by atoms with van der Waals surface area (Å²) in [7, 11) is 0. The van der Waals surface area contributed by atoms with E-state index in [2.05, 4.69) is 5.32 Å². The highest BCUT2D eigenvalue weighted by molar-refractivity contribution is 7.98. The molecule has 1 aliphatic heterocycles. The maximum Gasteiger partial charge on any atom is 0.251 e. The minimum absolute atomic E-state index is 0.195. The molecule has 0 spiro atoms. The van der Waals surface area contributed by atoms with Gasteiger partial charge in [0.1, 0.15) is 11.6 Å². The molecule has 1 aliphatic rings. The average Bonchev–Trinajstić information content (AvgIpc) is 2.78. The van der Waals surface area contributed by atoms with Gasteiger partial charge < -0.3 is 15.3 Å². The largest absolute Gasteiger partial charge is 0.381 e. The van der Waals surface area contributed by atoms with E-state index >= 15 is 0 Å². The molecule has 0 radical (unpaired) electrons. The lowest BCUT2D eigenvalue weighted by Crippen LogP contribution is -2.50. The van der Waals surface area contributed by atoms with Crippen LogP contribution < -0.4 is 5.32 Å². The van der Waals surface area contributed by atoms with E-state index in [1.54, 1.807) is 78.3 Å². The van der Waals surface area contributed by atoms with Gasteiger partial charge >= 0.3 is 0 Å². The number of carbonyl (C=O) groups excluding carboxylic acids is 2. The molecule has 8 heteroatoms. The number of aliphatic hydroxyl groups is 1. The van der Waals surface area contributed by atoms with Crippen LogP contribution in [0.2, 0.25) is 10.0 Å². The molecule has 0 saturated heterocycles. The molecule has 0 fully saturated rings. The van der Waals surface area contributed by atoms with Gasteiger partial charge in [-0.1, -0.05) is 35.3 Å². The van der Waals surface area contributed by atoms with Crippen LogP contribution in [0.1, 0.15) is 35.7 Å². The van der Waals surface area contributed by atoms with Gasteiger partial charge in [0.25, 0.3) is 5.91 Å². The summed E-state index contributed by atoms with van der Waals surface area (Å²) in [6, 6.07) is 12.9. The van der Waals surface area contributed by atoms with Crippen LogP contribution >= 0.6 is 35.0 Å². The van der Waals surface area contributed by atoms with Gasteiger partial charge in [-0.15, -0.1) is 0 Å². The average molecular weight is 493 g/mol. The van der Waals surface area contributed by atoms with E-state index in [1.165, 1.54) is 0 Å². The van der Waals surface area contributed by atoms with Gasteiger partial charge in [0.15, 0.2) is 0 Å². The molecule has 2 N–H and O–H groups in total. The number of hydrogen-bond donors (Lipinski definition) is 2. The number of nitrogens with zero attached hydrogens (tertiary/aromatic N) is 1. The minimum Gasteiger partial charge on any atom is -0.381 e. The Kier molecular flexibility index (Phi) is 8.28. The van der Waals surface area contributed by atoms with E-state index in [1.807, 2.05) is 6.26 Å². The van der Waals surface area contributed by atoms with Crippen LogP contribution in [0.5, 0.6) is 0 Å². The fourth-order valence-corrected chi connectivity index (χ4v) is 4.42. The molecule has 2 amide bonds. The molecular formula is C24H26Cl2N2O3S. The van der Waals surface area contributed by atoms with E-state index in [-0.39, 0.29) is 11.8 Å². The molecule has 2 atom stereocenters. The zero-order valence-electron chi connectivity index (χ0n) is 18.0. The molecule has 170 valence electrons. The van der Waals surface area contributed by atoms with E-state index < -0.39 is 11.6 Å². The first-order valence-electron chi connectivity index (χ1n) is 10.3. The van der Waals surface area contributed by atoms with Crippen LogP contribution in [0.3, 0.4) is 0 Å². The molecule has 0 aromatic heterocycles. The molecule has 1 heterocycles. The van der Waals surface area contributed by atoms with Gasteiger partial charge in [-0.2, -0.15) is 11.8 Å². The summed E-state index contributed by atoms with van der Waals surface area (Å²) in [6.07, 6.45) is 4.49. The van der Waals surface area contributed by atoms with E-state index in [0.717, 1.165) is 11.3 Å². The molecule has 2 aromatic rings. The lowest BCUT2D eigenvalue weighted by molar-refractivity contribution is -0.132. The smallest absolute Gasteiger partial charge is 0.251 e. The van der Waals surface area contributed by atoms with Crippen molar-refractivity contribution in [1.82, 2.24) is 10.2 Å². The maximum atomic E-state index is 13.3. The minimum atomic E-state index is -1.16. The third kappa shape index (κ3) is 5.67. The van der Waals surface area contributed by atoms with Crippen molar-refractivity contribution in [3.8, 4) is 0 Å². The van der Waals surface area contributed by atoms with Crippen molar-refractivity contribution in [3.05, 3.63) is 81.5 Å². The molecule has 0 bridgehead atoms. The summed E-state index contributed by atoms with van der Waals surface area (Å²) >= 11 is 13.5.